The molecule has 158 valence electrons. The van der Waals surface area contributed by atoms with Crippen LogP contribution in [0.25, 0.3) is 0 Å². The third kappa shape index (κ3) is 5.06. The van der Waals surface area contributed by atoms with Gasteiger partial charge in [-0.1, -0.05) is 48.0 Å². The molecule has 1 aliphatic rings. The maximum Gasteiger partial charge on any atom is 0.255 e. The molecule has 1 unspecified atom stereocenters. The Balaban J connectivity index is 1.45. The lowest BCUT2D eigenvalue weighted by molar-refractivity contribution is -0.116. The first-order valence-corrected chi connectivity index (χ1v) is 10.6. The first-order chi connectivity index (χ1) is 15.0. The average molecular weight is 435 g/mol. The van der Waals surface area contributed by atoms with E-state index in [2.05, 4.69) is 10.6 Å². The molecule has 0 saturated carbocycles. The molecule has 0 spiro atoms. The summed E-state index contributed by atoms with van der Waals surface area (Å²) in [6, 6.07) is 20.3. The van der Waals surface area contributed by atoms with Gasteiger partial charge in [0, 0.05) is 17.1 Å². The van der Waals surface area contributed by atoms with Gasteiger partial charge < -0.3 is 15.4 Å². The van der Waals surface area contributed by atoms with Crippen LogP contribution in [0.5, 0.6) is 5.75 Å². The van der Waals surface area contributed by atoms with Crippen molar-refractivity contribution in [2.45, 2.75) is 32.4 Å². The van der Waals surface area contributed by atoms with E-state index in [4.69, 9.17) is 16.3 Å². The number of carbonyl (C=O) groups excluding carboxylic acids is 2. The molecule has 1 heterocycles. The molecular weight excluding hydrogens is 412 g/mol. The van der Waals surface area contributed by atoms with Crippen LogP contribution in [0, 0.1) is 0 Å². The minimum absolute atomic E-state index is 0.0387. The first kappa shape index (κ1) is 20.9. The lowest BCUT2D eigenvalue weighted by atomic mass is 9.97. The summed E-state index contributed by atoms with van der Waals surface area (Å²) in [5.41, 5.74) is 4.37. The molecule has 5 nitrogen and oxygen atoms in total. The average Bonchev–Trinajstić information content (AvgIpc) is 2.78. The second-order valence-corrected chi connectivity index (χ2v) is 8.01. The summed E-state index contributed by atoms with van der Waals surface area (Å²) < 4.78 is 5.91. The van der Waals surface area contributed by atoms with Gasteiger partial charge in [-0.25, -0.2) is 0 Å². The lowest BCUT2D eigenvalue weighted by Gasteiger charge is -2.21. The highest BCUT2D eigenvalue weighted by Crippen LogP contribution is 2.27. The summed E-state index contributed by atoms with van der Waals surface area (Å²) in [6.45, 7) is 2.28. The third-order valence-electron chi connectivity index (χ3n) is 5.31. The van der Waals surface area contributed by atoms with Crippen molar-refractivity contribution in [3.05, 3.63) is 94.0 Å². The van der Waals surface area contributed by atoms with Crippen molar-refractivity contribution in [2.24, 2.45) is 0 Å². The SMILES string of the molecule is CC(NC(=O)c1ccccc1OCc1ccc(Cl)cc1)c1ccc2c(c1)CCC(=O)N2. The molecule has 31 heavy (non-hydrogen) atoms. The molecule has 2 N–H and O–H groups in total. The van der Waals surface area contributed by atoms with Crippen LogP contribution in [-0.2, 0) is 17.8 Å². The fraction of sp³-hybridized carbons (Fsp3) is 0.200. The van der Waals surface area contributed by atoms with Crippen molar-refractivity contribution in [3.8, 4) is 5.75 Å². The van der Waals surface area contributed by atoms with Crippen molar-refractivity contribution < 1.29 is 14.3 Å². The van der Waals surface area contributed by atoms with Gasteiger partial charge in [0.2, 0.25) is 5.91 Å². The van der Waals surface area contributed by atoms with Crippen LogP contribution in [0.3, 0.4) is 0 Å². The zero-order valence-electron chi connectivity index (χ0n) is 17.2. The monoisotopic (exact) mass is 434 g/mol. The molecule has 0 bridgehead atoms. The Bertz CT molecular complexity index is 1110. The largest absolute Gasteiger partial charge is 0.488 e. The second-order valence-electron chi connectivity index (χ2n) is 7.57. The van der Waals surface area contributed by atoms with E-state index in [0.717, 1.165) is 22.4 Å². The van der Waals surface area contributed by atoms with E-state index in [1.807, 2.05) is 61.5 Å². The Kier molecular flexibility index (Phi) is 6.23. The van der Waals surface area contributed by atoms with Gasteiger partial charge in [0.1, 0.15) is 12.4 Å². The first-order valence-electron chi connectivity index (χ1n) is 10.2. The normalized spacial score (nSPS) is 13.7. The van der Waals surface area contributed by atoms with E-state index < -0.39 is 0 Å². The zero-order chi connectivity index (χ0) is 21.8. The number of ether oxygens (including phenoxy) is 1. The fourth-order valence-corrected chi connectivity index (χ4v) is 3.68. The number of anilines is 1. The van der Waals surface area contributed by atoms with Crippen molar-refractivity contribution in [1.29, 1.82) is 0 Å². The number of halogens is 1. The van der Waals surface area contributed by atoms with Crippen LogP contribution in [0.4, 0.5) is 5.69 Å². The van der Waals surface area contributed by atoms with E-state index in [9.17, 15) is 9.59 Å². The van der Waals surface area contributed by atoms with E-state index in [0.29, 0.717) is 35.8 Å². The Labute approximate surface area is 186 Å². The number of hydrogen-bond acceptors (Lipinski definition) is 3. The smallest absolute Gasteiger partial charge is 0.255 e. The van der Waals surface area contributed by atoms with Gasteiger partial charge in [-0.3, -0.25) is 9.59 Å². The highest BCUT2D eigenvalue weighted by atomic mass is 35.5. The molecular formula is C25H23ClN2O3. The van der Waals surface area contributed by atoms with E-state index >= 15 is 0 Å². The van der Waals surface area contributed by atoms with Gasteiger partial charge in [-0.15, -0.1) is 0 Å². The quantitative estimate of drug-likeness (QED) is 0.553. The molecule has 0 saturated heterocycles. The molecule has 1 atom stereocenters. The molecule has 0 fully saturated rings. The van der Waals surface area contributed by atoms with Crippen LogP contribution in [0.15, 0.2) is 66.7 Å². The van der Waals surface area contributed by atoms with Crippen molar-refractivity contribution in [3.63, 3.8) is 0 Å². The van der Waals surface area contributed by atoms with E-state index in [-0.39, 0.29) is 17.9 Å². The lowest BCUT2D eigenvalue weighted by Crippen LogP contribution is -2.27. The molecule has 3 aromatic carbocycles. The van der Waals surface area contributed by atoms with Gasteiger partial charge >= 0.3 is 0 Å². The van der Waals surface area contributed by atoms with Crippen LogP contribution in [0.1, 0.15) is 46.4 Å². The number of nitrogens with one attached hydrogen (secondary N) is 2. The van der Waals surface area contributed by atoms with Crippen LogP contribution in [0.2, 0.25) is 5.02 Å². The molecule has 0 aliphatic carbocycles. The number of fused-ring (bicyclic) bond motifs is 1. The van der Waals surface area contributed by atoms with Gasteiger partial charge in [0.25, 0.3) is 5.91 Å². The maximum atomic E-state index is 13.0. The van der Waals surface area contributed by atoms with Crippen molar-refractivity contribution in [1.82, 2.24) is 5.32 Å². The number of carbonyl (C=O) groups is 2. The predicted molar refractivity (Wildman–Crippen MR) is 121 cm³/mol. The Morgan fingerprint density at radius 2 is 1.87 bits per heavy atom. The number of amides is 2. The van der Waals surface area contributed by atoms with Gasteiger partial charge in [0.15, 0.2) is 0 Å². The third-order valence-corrected chi connectivity index (χ3v) is 5.56. The maximum absolute atomic E-state index is 13.0. The summed E-state index contributed by atoms with van der Waals surface area (Å²) in [5.74, 6) is 0.359. The summed E-state index contributed by atoms with van der Waals surface area (Å²) in [6.07, 6.45) is 1.19. The summed E-state index contributed by atoms with van der Waals surface area (Å²) in [4.78, 5) is 24.5. The van der Waals surface area contributed by atoms with E-state index in [1.165, 1.54) is 0 Å². The molecule has 4 rings (SSSR count). The Morgan fingerprint density at radius 1 is 1.10 bits per heavy atom. The molecule has 2 amide bonds. The van der Waals surface area contributed by atoms with Crippen molar-refractivity contribution in [2.75, 3.05) is 5.32 Å². The van der Waals surface area contributed by atoms with Gasteiger partial charge in [0.05, 0.1) is 11.6 Å². The minimum atomic E-state index is -0.203. The molecule has 6 heteroatoms. The summed E-state index contributed by atoms with van der Waals surface area (Å²) in [7, 11) is 0. The predicted octanol–water partition coefficient (Wildman–Crippen LogP) is 5.29. The molecule has 0 radical (unpaired) electrons. The van der Waals surface area contributed by atoms with Crippen molar-refractivity contribution >= 4 is 29.1 Å². The zero-order valence-corrected chi connectivity index (χ0v) is 17.9. The highest BCUT2D eigenvalue weighted by molar-refractivity contribution is 6.30. The van der Waals surface area contributed by atoms with E-state index in [1.54, 1.807) is 12.1 Å². The number of rotatable bonds is 6. The number of benzene rings is 3. The Morgan fingerprint density at radius 3 is 2.68 bits per heavy atom. The molecule has 3 aromatic rings. The summed E-state index contributed by atoms with van der Waals surface area (Å²) >= 11 is 5.93. The van der Waals surface area contributed by atoms with Crippen LogP contribution in [-0.4, -0.2) is 11.8 Å². The number of hydrogen-bond donors (Lipinski definition) is 2. The highest BCUT2D eigenvalue weighted by Gasteiger charge is 2.19. The van der Waals surface area contributed by atoms with Gasteiger partial charge in [-0.2, -0.15) is 0 Å². The standard InChI is InChI=1S/C25H23ClN2O3/c1-16(18-8-12-22-19(14-18)9-13-24(29)28-22)27-25(30)21-4-2-3-5-23(21)31-15-17-6-10-20(26)11-7-17/h2-8,10-12,14,16H,9,13,15H2,1H3,(H,27,30)(H,28,29). The molecule has 1 aliphatic heterocycles. The van der Waals surface area contributed by atoms with Crippen LogP contribution >= 0.6 is 11.6 Å². The second kappa shape index (κ2) is 9.23. The topological polar surface area (TPSA) is 67.4 Å². The minimum Gasteiger partial charge on any atom is -0.488 e. The fourth-order valence-electron chi connectivity index (χ4n) is 3.55. The molecule has 0 aromatic heterocycles. The van der Waals surface area contributed by atoms with Gasteiger partial charge in [-0.05, 0) is 60.4 Å². The summed E-state index contributed by atoms with van der Waals surface area (Å²) in [5, 5.41) is 6.60. The number of para-hydroxylation sites is 1. The number of aryl methyl sites for hydroxylation is 1. The van der Waals surface area contributed by atoms with Crippen LogP contribution < -0.4 is 15.4 Å². The Hall–Kier alpha value is -3.31.